The zero-order valence-corrected chi connectivity index (χ0v) is 13.8. The van der Waals surface area contributed by atoms with Crippen LogP contribution in [0.25, 0.3) is 0 Å². The van der Waals surface area contributed by atoms with Crippen molar-refractivity contribution in [1.82, 2.24) is 15.1 Å². The fraction of sp³-hybridized carbons (Fsp3) is 0.625. The first-order chi connectivity index (χ1) is 9.72. The van der Waals surface area contributed by atoms with Crippen molar-refractivity contribution in [3.63, 3.8) is 0 Å². The highest BCUT2D eigenvalue weighted by Gasteiger charge is 2.28. The maximum absolute atomic E-state index is 3.64. The van der Waals surface area contributed by atoms with Gasteiger partial charge in [-0.05, 0) is 30.5 Å². The Morgan fingerprint density at radius 1 is 1.25 bits per heavy atom. The summed E-state index contributed by atoms with van der Waals surface area (Å²) in [6.07, 6.45) is 1.33. The minimum atomic E-state index is 0.769. The predicted molar refractivity (Wildman–Crippen MR) is 87.0 cm³/mol. The summed E-state index contributed by atoms with van der Waals surface area (Å²) in [7, 11) is 0. The lowest BCUT2D eigenvalue weighted by atomic mass is 10.1. The van der Waals surface area contributed by atoms with Crippen molar-refractivity contribution in [1.29, 1.82) is 0 Å². The summed E-state index contributed by atoms with van der Waals surface area (Å²) in [5, 5.41) is 3.44. The topological polar surface area (TPSA) is 18.5 Å². The van der Waals surface area contributed by atoms with Gasteiger partial charge in [0.15, 0.2) is 0 Å². The number of likely N-dealkylation sites (tertiary alicyclic amines) is 1. The molecule has 110 valence electrons. The molecule has 0 saturated carbocycles. The number of hydrogen-bond donors (Lipinski definition) is 1. The Morgan fingerprint density at radius 3 is 2.80 bits per heavy atom. The molecular weight excluding hydrogens is 314 g/mol. The molecule has 2 saturated heterocycles. The quantitative estimate of drug-likeness (QED) is 0.912. The van der Waals surface area contributed by atoms with E-state index < -0.39 is 0 Å². The summed E-state index contributed by atoms with van der Waals surface area (Å²) in [5.41, 5.74) is 2.73. The first-order valence-electron chi connectivity index (χ1n) is 7.64. The monoisotopic (exact) mass is 337 g/mol. The molecule has 1 aromatic carbocycles. The molecule has 1 aromatic rings. The lowest BCUT2D eigenvalue weighted by molar-refractivity contribution is 0.170. The van der Waals surface area contributed by atoms with Gasteiger partial charge in [-0.25, -0.2) is 0 Å². The third kappa shape index (κ3) is 3.42. The second kappa shape index (κ2) is 6.56. The number of aryl methyl sites for hydroxylation is 1. The van der Waals surface area contributed by atoms with Crippen molar-refractivity contribution >= 4 is 15.9 Å². The Balaban J connectivity index is 1.55. The highest BCUT2D eigenvalue weighted by atomic mass is 79.9. The second-order valence-electron chi connectivity index (χ2n) is 6.05. The van der Waals surface area contributed by atoms with Crippen LogP contribution in [0.15, 0.2) is 22.7 Å². The van der Waals surface area contributed by atoms with Crippen LogP contribution in [-0.4, -0.2) is 55.1 Å². The number of nitrogens with zero attached hydrogens (tertiary/aromatic N) is 2. The number of benzene rings is 1. The van der Waals surface area contributed by atoms with Gasteiger partial charge >= 0.3 is 0 Å². The molecule has 2 fully saturated rings. The van der Waals surface area contributed by atoms with Crippen LogP contribution in [0.3, 0.4) is 0 Å². The first kappa shape index (κ1) is 14.5. The van der Waals surface area contributed by atoms with E-state index in [1.54, 1.807) is 0 Å². The summed E-state index contributed by atoms with van der Waals surface area (Å²) in [5.74, 6) is 0. The molecule has 0 bridgehead atoms. The van der Waals surface area contributed by atoms with Crippen molar-refractivity contribution in [2.45, 2.75) is 25.9 Å². The summed E-state index contributed by atoms with van der Waals surface area (Å²) in [6, 6.07) is 7.51. The van der Waals surface area contributed by atoms with Gasteiger partial charge in [-0.15, -0.1) is 0 Å². The van der Waals surface area contributed by atoms with Gasteiger partial charge in [0, 0.05) is 56.3 Å². The van der Waals surface area contributed by atoms with Crippen molar-refractivity contribution in [2.24, 2.45) is 0 Å². The number of rotatable bonds is 3. The van der Waals surface area contributed by atoms with Crippen molar-refractivity contribution in [3.8, 4) is 0 Å². The SMILES string of the molecule is Cc1ccc(CN2CCC(N3CCNCC3)C2)cc1Br. The highest BCUT2D eigenvalue weighted by Crippen LogP contribution is 2.22. The Morgan fingerprint density at radius 2 is 2.05 bits per heavy atom. The van der Waals surface area contributed by atoms with Crippen LogP contribution in [0.5, 0.6) is 0 Å². The van der Waals surface area contributed by atoms with Gasteiger partial charge in [0.25, 0.3) is 0 Å². The second-order valence-corrected chi connectivity index (χ2v) is 6.90. The molecule has 3 rings (SSSR count). The zero-order valence-electron chi connectivity index (χ0n) is 12.2. The van der Waals surface area contributed by atoms with Gasteiger partial charge < -0.3 is 5.32 Å². The molecule has 1 atom stereocenters. The predicted octanol–water partition coefficient (Wildman–Crippen LogP) is 2.24. The molecule has 1 unspecified atom stereocenters. The third-order valence-corrected chi connectivity index (χ3v) is 5.41. The normalized spacial score (nSPS) is 25.2. The molecule has 0 radical (unpaired) electrons. The molecule has 2 aliphatic rings. The van der Waals surface area contributed by atoms with Gasteiger partial charge in [0.05, 0.1) is 0 Å². The Hall–Kier alpha value is -0.420. The van der Waals surface area contributed by atoms with Crippen LogP contribution in [0.4, 0.5) is 0 Å². The molecule has 20 heavy (non-hydrogen) atoms. The van der Waals surface area contributed by atoms with E-state index >= 15 is 0 Å². The molecule has 4 heteroatoms. The van der Waals surface area contributed by atoms with Crippen LogP contribution in [-0.2, 0) is 6.54 Å². The average molecular weight is 338 g/mol. The molecule has 3 nitrogen and oxygen atoms in total. The molecule has 2 aliphatic heterocycles. The fourth-order valence-electron chi connectivity index (χ4n) is 3.29. The molecular formula is C16H24BrN3. The van der Waals surface area contributed by atoms with E-state index in [9.17, 15) is 0 Å². The van der Waals surface area contributed by atoms with E-state index in [2.05, 4.69) is 56.2 Å². The van der Waals surface area contributed by atoms with Gasteiger partial charge in [-0.3, -0.25) is 9.80 Å². The van der Waals surface area contributed by atoms with Crippen LogP contribution in [0, 0.1) is 6.92 Å². The van der Waals surface area contributed by atoms with Crippen molar-refractivity contribution in [2.75, 3.05) is 39.3 Å². The van der Waals surface area contributed by atoms with E-state index in [1.807, 2.05) is 0 Å². The van der Waals surface area contributed by atoms with Gasteiger partial charge in [-0.2, -0.15) is 0 Å². The van der Waals surface area contributed by atoms with Crippen molar-refractivity contribution in [3.05, 3.63) is 33.8 Å². The Labute approximate surface area is 130 Å². The maximum Gasteiger partial charge on any atom is 0.0236 e. The highest BCUT2D eigenvalue weighted by molar-refractivity contribution is 9.10. The maximum atomic E-state index is 3.64. The number of nitrogens with one attached hydrogen (secondary N) is 1. The lowest BCUT2D eigenvalue weighted by Crippen LogP contribution is -2.49. The summed E-state index contributed by atoms with van der Waals surface area (Å²) >= 11 is 3.64. The number of halogens is 1. The molecule has 0 spiro atoms. The van der Waals surface area contributed by atoms with E-state index in [4.69, 9.17) is 0 Å². The Bertz CT molecular complexity index is 457. The minimum absolute atomic E-state index is 0.769. The standard InChI is InChI=1S/C16H24BrN3/c1-13-2-3-14(10-16(13)17)11-19-7-4-15(12-19)20-8-5-18-6-9-20/h2-3,10,15,18H,4-9,11-12H2,1H3. The molecule has 0 aliphatic carbocycles. The molecule has 0 aromatic heterocycles. The molecule has 0 amide bonds. The summed E-state index contributed by atoms with van der Waals surface area (Å²) < 4.78 is 1.23. The van der Waals surface area contributed by atoms with E-state index in [1.165, 1.54) is 48.2 Å². The number of piperazine rings is 1. The van der Waals surface area contributed by atoms with E-state index in [0.29, 0.717) is 0 Å². The molecule has 1 N–H and O–H groups in total. The lowest BCUT2D eigenvalue weighted by Gasteiger charge is -2.32. The van der Waals surface area contributed by atoms with Crippen LogP contribution in [0.1, 0.15) is 17.5 Å². The minimum Gasteiger partial charge on any atom is -0.314 e. The first-order valence-corrected chi connectivity index (χ1v) is 8.44. The summed E-state index contributed by atoms with van der Waals surface area (Å²) in [6.45, 7) is 10.4. The van der Waals surface area contributed by atoms with Crippen LogP contribution in [0.2, 0.25) is 0 Å². The smallest absolute Gasteiger partial charge is 0.0236 e. The zero-order chi connectivity index (χ0) is 13.9. The third-order valence-electron chi connectivity index (χ3n) is 4.56. The van der Waals surface area contributed by atoms with Gasteiger partial charge in [0.2, 0.25) is 0 Å². The van der Waals surface area contributed by atoms with E-state index in [-0.39, 0.29) is 0 Å². The average Bonchev–Trinajstić information content (AvgIpc) is 2.92. The summed E-state index contributed by atoms with van der Waals surface area (Å²) in [4.78, 5) is 5.27. The Kier molecular flexibility index (Phi) is 4.76. The number of hydrogen-bond acceptors (Lipinski definition) is 3. The molecule has 2 heterocycles. The van der Waals surface area contributed by atoms with Crippen molar-refractivity contribution < 1.29 is 0 Å². The van der Waals surface area contributed by atoms with Crippen LogP contribution >= 0.6 is 15.9 Å². The largest absolute Gasteiger partial charge is 0.314 e. The van der Waals surface area contributed by atoms with Crippen LogP contribution < -0.4 is 5.32 Å². The fourth-order valence-corrected chi connectivity index (χ4v) is 3.72. The van der Waals surface area contributed by atoms with Gasteiger partial charge in [0.1, 0.15) is 0 Å². The van der Waals surface area contributed by atoms with E-state index in [0.717, 1.165) is 25.7 Å². The van der Waals surface area contributed by atoms with Gasteiger partial charge in [-0.1, -0.05) is 28.1 Å².